The molecule has 1 rings (SSSR count). The average Bonchev–Trinajstić information content (AvgIpc) is 2.29. The Morgan fingerprint density at radius 1 is 1.29 bits per heavy atom. The highest BCUT2D eigenvalue weighted by Gasteiger charge is 2.06. The summed E-state index contributed by atoms with van der Waals surface area (Å²) in [6.07, 6.45) is 1.90. The van der Waals surface area contributed by atoms with Gasteiger partial charge in [0.25, 0.3) is 0 Å². The van der Waals surface area contributed by atoms with Crippen molar-refractivity contribution < 1.29 is 9.84 Å². The summed E-state index contributed by atoms with van der Waals surface area (Å²) in [5.74, 6) is 0.949. The predicted octanol–water partition coefficient (Wildman–Crippen LogP) is 2.21. The molecule has 1 aromatic rings. The number of hydrogen-bond donors (Lipinski definition) is 1. The zero-order valence-corrected chi connectivity index (χ0v) is 11.1. The van der Waals surface area contributed by atoms with Crippen LogP contribution in [0.3, 0.4) is 0 Å². The van der Waals surface area contributed by atoms with Gasteiger partial charge in [0.05, 0.1) is 7.11 Å². The maximum atomic E-state index is 8.75. The van der Waals surface area contributed by atoms with E-state index in [9.17, 15) is 0 Å². The zero-order chi connectivity index (χ0) is 12.7. The smallest absolute Gasteiger partial charge is 0.123 e. The van der Waals surface area contributed by atoms with Gasteiger partial charge < -0.3 is 14.7 Å². The molecule has 0 spiro atoms. The highest BCUT2D eigenvalue weighted by atomic mass is 16.5. The van der Waals surface area contributed by atoms with Crippen molar-refractivity contribution in [1.29, 1.82) is 0 Å². The second kappa shape index (κ2) is 7.30. The fraction of sp³-hybridized carbons (Fsp3) is 0.571. The van der Waals surface area contributed by atoms with E-state index >= 15 is 0 Å². The van der Waals surface area contributed by atoms with Gasteiger partial charge in [0.15, 0.2) is 0 Å². The molecule has 0 unspecified atom stereocenters. The van der Waals surface area contributed by atoms with E-state index < -0.39 is 0 Å². The van der Waals surface area contributed by atoms with Crippen LogP contribution in [0.5, 0.6) is 5.75 Å². The first-order chi connectivity index (χ1) is 8.17. The van der Waals surface area contributed by atoms with E-state index in [1.165, 1.54) is 11.1 Å². The number of methoxy groups -OCH3 is 1. The summed E-state index contributed by atoms with van der Waals surface area (Å²) >= 11 is 0. The normalized spacial score (nSPS) is 10.9. The number of aliphatic hydroxyl groups is 1. The van der Waals surface area contributed by atoms with Crippen LogP contribution in [-0.4, -0.2) is 37.3 Å². The lowest BCUT2D eigenvalue weighted by Gasteiger charge is -2.18. The van der Waals surface area contributed by atoms with Gasteiger partial charge in [-0.05, 0) is 39.4 Å². The minimum Gasteiger partial charge on any atom is -0.496 e. The molecule has 17 heavy (non-hydrogen) atoms. The second-order valence-electron chi connectivity index (χ2n) is 4.48. The minimum absolute atomic E-state index is 0.279. The average molecular weight is 237 g/mol. The van der Waals surface area contributed by atoms with Crippen molar-refractivity contribution in [2.45, 2.75) is 26.3 Å². The SMILES string of the molecule is COc1ccc(C)cc1CN(C)CCCCO. The lowest BCUT2D eigenvalue weighted by molar-refractivity contribution is 0.259. The molecule has 0 radical (unpaired) electrons. The Kier molecular flexibility index (Phi) is 6.01. The first-order valence-corrected chi connectivity index (χ1v) is 6.10. The lowest BCUT2D eigenvalue weighted by atomic mass is 10.1. The molecule has 0 saturated heterocycles. The third kappa shape index (κ3) is 4.75. The van der Waals surface area contributed by atoms with E-state index in [4.69, 9.17) is 9.84 Å². The molecule has 0 saturated carbocycles. The third-order valence-electron chi connectivity index (χ3n) is 2.82. The number of nitrogens with zero attached hydrogens (tertiary/aromatic N) is 1. The van der Waals surface area contributed by atoms with Gasteiger partial charge in [-0.15, -0.1) is 0 Å². The Bertz CT molecular complexity index is 339. The molecule has 1 aromatic carbocycles. The fourth-order valence-electron chi connectivity index (χ4n) is 1.89. The van der Waals surface area contributed by atoms with Crippen molar-refractivity contribution in [3.63, 3.8) is 0 Å². The van der Waals surface area contributed by atoms with Gasteiger partial charge in [-0.2, -0.15) is 0 Å². The zero-order valence-electron chi connectivity index (χ0n) is 11.1. The molecule has 0 amide bonds. The molecule has 0 aromatic heterocycles. The Morgan fingerprint density at radius 2 is 2.06 bits per heavy atom. The van der Waals surface area contributed by atoms with Crippen LogP contribution in [0.15, 0.2) is 18.2 Å². The molecule has 0 aliphatic rings. The van der Waals surface area contributed by atoms with Crippen LogP contribution in [0, 0.1) is 6.92 Å². The largest absolute Gasteiger partial charge is 0.496 e. The molecule has 0 bridgehead atoms. The number of hydrogen-bond acceptors (Lipinski definition) is 3. The summed E-state index contributed by atoms with van der Waals surface area (Å²) in [5, 5.41) is 8.75. The number of aryl methyl sites for hydroxylation is 1. The van der Waals surface area contributed by atoms with E-state index in [0.29, 0.717) is 0 Å². The molecule has 3 nitrogen and oxygen atoms in total. The number of aliphatic hydroxyl groups excluding tert-OH is 1. The van der Waals surface area contributed by atoms with Gasteiger partial charge in [-0.3, -0.25) is 0 Å². The maximum Gasteiger partial charge on any atom is 0.123 e. The van der Waals surface area contributed by atoms with Crippen molar-refractivity contribution in [2.24, 2.45) is 0 Å². The Labute approximate surface area is 104 Å². The summed E-state index contributed by atoms with van der Waals surface area (Å²) in [5.41, 5.74) is 2.48. The van der Waals surface area contributed by atoms with Crippen LogP contribution >= 0.6 is 0 Å². The number of benzene rings is 1. The van der Waals surface area contributed by atoms with Crippen molar-refractivity contribution >= 4 is 0 Å². The standard InChI is InChI=1S/C14H23NO2/c1-12-6-7-14(17-3)13(10-12)11-15(2)8-4-5-9-16/h6-7,10,16H,4-5,8-9,11H2,1-3H3. The van der Waals surface area contributed by atoms with Crippen LogP contribution in [0.25, 0.3) is 0 Å². The summed E-state index contributed by atoms with van der Waals surface area (Å²) in [6.45, 7) is 4.25. The van der Waals surface area contributed by atoms with Crippen LogP contribution < -0.4 is 4.74 Å². The molecular formula is C14H23NO2. The maximum absolute atomic E-state index is 8.75. The van der Waals surface area contributed by atoms with E-state index in [1.807, 2.05) is 6.07 Å². The van der Waals surface area contributed by atoms with Crippen LogP contribution in [0.2, 0.25) is 0 Å². The molecule has 0 aliphatic carbocycles. The fourth-order valence-corrected chi connectivity index (χ4v) is 1.89. The highest BCUT2D eigenvalue weighted by Crippen LogP contribution is 2.20. The molecule has 1 N–H and O–H groups in total. The van der Waals surface area contributed by atoms with Gasteiger partial charge in [-0.1, -0.05) is 17.7 Å². The van der Waals surface area contributed by atoms with E-state index in [0.717, 1.165) is 31.7 Å². The first-order valence-electron chi connectivity index (χ1n) is 6.10. The summed E-state index contributed by atoms with van der Waals surface area (Å²) in [6, 6.07) is 6.25. The van der Waals surface area contributed by atoms with Crippen molar-refractivity contribution in [1.82, 2.24) is 4.90 Å². The topological polar surface area (TPSA) is 32.7 Å². The molecule has 0 heterocycles. The molecule has 0 atom stereocenters. The van der Waals surface area contributed by atoms with Crippen molar-refractivity contribution in [3.05, 3.63) is 29.3 Å². The molecular weight excluding hydrogens is 214 g/mol. The summed E-state index contributed by atoms with van der Waals surface area (Å²) < 4.78 is 5.36. The molecule has 3 heteroatoms. The van der Waals surface area contributed by atoms with Gasteiger partial charge in [0.2, 0.25) is 0 Å². The quantitative estimate of drug-likeness (QED) is 0.738. The lowest BCUT2D eigenvalue weighted by Crippen LogP contribution is -2.19. The molecule has 0 aliphatic heterocycles. The Hall–Kier alpha value is -1.06. The second-order valence-corrected chi connectivity index (χ2v) is 4.48. The highest BCUT2D eigenvalue weighted by molar-refractivity contribution is 5.36. The number of ether oxygens (including phenoxy) is 1. The van der Waals surface area contributed by atoms with Gasteiger partial charge >= 0.3 is 0 Å². The van der Waals surface area contributed by atoms with E-state index in [-0.39, 0.29) is 6.61 Å². The van der Waals surface area contributed by atoms with Gasteiger partial charge in [-0.25, -0.2) is 0 Å². The monoisotopic (exact) mass is 237 g/mol. The van der Waals surface area contributed by atoms with Gasteiger partial charge in [0.1, 0.15) is 5.75 Å². The van der Waals surface area contributed by atoms with Crippen molar-refractivity contribution in [2.75, 3.05) is 27.3 Å². The molecule has 0 fully saturated rings. The van der Waals surface area contributed by atoms with Crippen LogP contribution in [0.4, 0.5) is 0 Å². The van der Waals surface area contributed by atoms with Gasteiger partial charge in [0, 0.05) is 18.7 Å². The van der Waals surface area contributed by atoms with Crippen LogP contribution in [0.1, 0.15) is 24.0 Å². The Morgan fingerprint density at radius 3 is 2.71 bits per heavy atom. The molecule has 96 valence electrons. The third-order valence-corrected chi connectivity index (χ3v) is 2.82. The number of unbranched alkanes of at least 4 members (excludes halogenated alkanes) is 1. The summed E-state index contributed by atoms with van der Waals surface area (Å²) in [4.78, 5) is 2.26. The van der Waals surface area contributed by atoms with E-state index in [2.05, 4.69) is 31.0 Å². The predicted molar refractivity (Wildman–Crippen MR) is 70.4 cm³/mol. The Balaban J connectivity index is 2.57. The van der Waals surface area contributed by atoms with E-state index in [1.54, 1.807) is 7.11 Å². The number of rotatable bonds is 7. The first kappa shape index (κ1) is 14.0. The minimum atomic E-state index is 0.279. The summed E-state index contributed by atoms with van der Waals surface area (Å²) in [7, 11) is 3.80. The van der Waals surface area contributed by atoms with Crippen LogP contribution in [-0.2, 0) is 6.54 Å². The van der Waals surface area contributed by atoms with Crippen molar-refractivity contribution in [3.8, 4) is 5.75 Å².